The van der Waals surface area contributed by atoms with Crippen molar-refractivity contribution in [1.29, 1.82) is 10.5 Å². The van der Waals surface area contributed by atoms with Crippen molar-refractivity contribution in [3.05, 3.63) is 419 Å². The van der Waals surface area contributed by atoms with Crippen LogP contribution >= 0.6 is 0 Å². The molecule has 16 aromatic carbocycles. The first kappa shape index (κ1) is 92.9. The third kappa shape index (κ3) is 19.2. The van der Waals surface area contributed by atoms with Gasteiger partial charge in [-0.1, -0.05) is 254 Å². The van der Waals surface area contributed by atoms with Crippen LogP contribution in [0.5, 0.6) is 115 Å². The van der Waals surface area contributed by atoms with Gasteiger partial charge in [0.05, 0.1) is 10.8 Å². The van der Waals surface area contributed by atoms with Crippen molar-refractivity contribution >= 4 is 0 Å². The fourth-order valence-electron chi connectivity index (χ4n) is 15.2. The Morgan fingerprint density at radius 3 is 0.841 bits per heavy atom. The number of nitrogens with zero attached hydrogens (tertiary/aromatic N) is 2. The molecule has 0 bridgehead atoms. The summed E-state index contributed by atoms with van der Waals surface area (Å²) < 4.78 is 50.9. The number of phenols is 20. The summed E-state index contributed by atoms with van der Waals surface area (Å²) in [5.41, 5.74) is 6.85. The van der Waals surface area contributed by atoms with Crippen LogP contribution in [0.4, 0.5) is 17.6 Å². The van der Waals surface area contributed by atoms with Crippen LogP contribution in [-0.2, 0) is 10.8 Å². The van der Waals surface area contributed by atoms with Gasteiger partial charge in [0.2, 0.25) is 0 Å². The van der Waals surface area contributed by atoms with Crippen molar-refractivity contribution in [2.24, 2.45) is 0 Å². The van der Waals surface area contributed by atoms with E-state index in [0.717, 1.165) is 40.8 Å². The minimum Gasteiger partial charge on any atom is -0.504 e. The van der Waals surface area contributed by atoms with E-state index in [9.17, 15) is 109 Å². The zero-order valence-corrected chi connectivity index (χ0v) is 69.1. The van der Waals surface area contributed by atoms with Crippen LogP contribution in [0.1, 0.15) is 62.9 Å². The molecule has 16 aromatic rings. The van der Waals surface area contributed by atoms with E-state index in [4.69, 9.17) is 20.7 Å². The van der Waals surface area contributed by atoms with Gasteiger partial charge in [0.25, 0.3) is 0 Å². The molecule has 662 valence electrons. The van der Waals surface area contributed by atoms with Gasteiger partial charge in [-0.05, 0) is 165 Å². The normalized spacial score (nSPS) is 11.3. The number of hydrogen-bond acceptors (Lipinski definition) is 22. The summed E-state index contributed by atoms with van der Waals surface area (Å²) in [4.78, 5) is 0. The fraction of sp³-hybridized carbons (Fsp3) is 0.0377. The zero-order chi connectivity index (χ0) is 94.8. The predicted molar refractivity (Wildman–Crippen MR) is 486 cm³/mol. The first-order chi connectivity index (χ1) is 63.4. The van der Waals surface area contributed by atoms with Gasteiger partial charge in [0, 0.05) is 33.4 Å². The van der Waals surface area contributed by atoms with Gasteiger partial charge in [-0.2, -0.15) is 10.5 Å². The second-order valence-electron chi connectivity index (χ2n) is 29.5. The monoisotopic (exact) mass is 1780 g/mol. The quantitative estimate of drug-likeness (QED) is 0.0221. The van der Waals surface area contributed by atoms with Crippen LogP contribution in [0, 0.1) is 45.9 Å². The molecule has 0 aromatic heterocycles. The van der Waals surface area contributed by atoms with E-state index < -0.39 is 45.2 Å². The Hall–Kier alpha value is -18.3. The molecule has 0 amide bonds. The molecule has 20 N–H and O–H groups in total. The summed E-state index contributed by atoms with van der Waals surface area (Å²) in [6, 6.07) is 91.8. The molecule has 0 fully saturated rings. The second kappa shape index (κ2) is 40.8. The van der Waals surface area contributed by atoms with Gasteiger partial charge in [0.1, 0.15) is 23.3 Å². The molecule has 1 aliphatic rings. The summed E-state index contributed by atoms with van der Waals surface area (Å²) in [6.07, 6.45) is 7.48. The van der Waals surface area contributed by atoms with Crippen LogP contribution in [0.2, 0.25) is 0 Å². The summed E-state index contributed by atoms with van der Waals surface area (Å²) in [6.45, 7) is 0. The maximum atomic E-state index is 12.7. The fourth-order valence-corrected chi connectivity index (χ4v) is 15.2. The van der Waals surface area contributed by atoms with Crippen molar-refractivity contribution in [2.75, 3.05) is 0 Å². The van der Waals surface area contributed by atoms with Gasteiger partial charge >= 0.3 is 0 Å². The van der Waals surface area contributed by atoms with Crippen LogP contribution in [0.25, 0.3) is 55.6 Å². The van der Waals surface area contributed by atoms with Gasteiger partial charge in [-0.25, -0.2) is 17.6 Å². The molecule has 17 rings (SSSR count). The van der Waals surface area contributed by atoms with Crippen LogP contribution in [0.3, 0.4) is 0 Å². The van der Waals surface area contributed by atoms with Crippen molar-refractivity contribution < 1.29 is 120 Å². The highest BCUT2D eigenvalue weighted by atomic mass is 19.2. The topological polar surface area (TPSA) is 452 Å². The Balaban J connectivity index is 0.000000146. The molecule has 0 saturated heterocycles. The summed E-state index contributed by atoms with van der Waals surface area (Å²) in [5, 5.41) is 215. The van der Waals surface area contributed by atoms with Crippen LogP contribution < -0.4 is 0 Å². The Labute approximate surface area is 751 Å². The van der Waals surface area contributed by atoms with Crippen molar-refractivity contribution in [3.63, 3.8) is 0 Å². The van der Waals surface area contributed by atoms with Crippen LogP contribution in [0.15, 0.2) is 345 Å². The molecule has 0 atom stereocenters. The van der Waals surface area contributed by atoms with E-state index in [1.165, 1.54) is 84.9 Å². The molecular formula is C106H80F4N2O20. The lowest BCUT2D eigenvalue weighted by atomic mass is 9.62. The van der Waals surface area contributed by atoms with Crippen molar-refractivity contribution in [3.8, 4) is 183 Å². The standard InChI is InChI=1S/C25H22O4.C25H20O4.2C18H14O4.C12H10O4.C8F4N2/c26-21-15-7-13-19(23(21)28)25(17-9-3-1-4-10-17,18-11-5-2-6-12-18)20-14-8-16-22(27)24(20)29;26-21-13-11-19(15-23(21)28)25(17-7-3-1-4-8-17,18-9-5-2-6-10-18)20-12-14-22(27)24(29)16-20;19-15-8-2-6-13(17(15)21)11-4-1-5-12(10-11)14-7-3-9-16(20)18(14)22;19-15-9-3-7-13(17(15)21)11-5-1-2-6-12(11)14-8-4-10-16(20)18(14)22;13-9-3-1-7(5-11(9)15)8-2-4-10(14)12(16)6-8;9-5-3(1-13)6(10)8(12)4(2-14)7(5)11/h1-5,7-11,13-16,26-29H,6,12H2;1-16,26-29H;2*1-10,19-22H;1-6,13-16H;. The molecule has 0 spiro atoms. The number of allylic oxidation sites excluding steroid dienone is 4. The summed E-state index contributed by atoms with van der Waals surface area (Å²) >= 11 is 0. The number of halogens is 4. The van der Waals surface area contributed by atoms with E-state index in [0.29, 0.717) is 84.3 Å². The molecule has 26 heteroatoms. The number of hydrogen-bond donors (Lipinski definition) is 20. The third-order valence-electron chi connectivity index (χ3n) is 21.6. The molecule has 0 radical (unpaired) electrons. The third-order valence-corrected chi connectivity index (χ3v) is 21.6. The van der Waals surface area contributed by atoms with Crippen LogP contribution in [-0.4, -0.2) is 102 Å². The Morgan fingerprint density at radius 2 is 0.515 bits per heavy atom. The molecule has 22 nitrogen and oxygen atoms in total. The molecule has 0 unspecified atom stereocenters. The maximum absolute atomic E-state index is 12.7. The van der Waals surface area contributed by atoms with E-state index >= 15 is 0 Å². The smallest absolute Gasteiger partial charge is 0.181 e. The highest BCUT2D eigenvalue weighted by Crippen LogP contribution is 2.56. The van der Waals surface area contributed by atoms with Gasteiger partial charge in [0.15, 0.2) is 138 Å². The number of aromatic hydroxyl groups is 20. The Morgan fingerprint density at radius 1 is 0.227 bits per heavy atom. The van der Waals surface area contributed by atoms with E-state index in [-0.39, 0.29) is 115 Å². The molecule has 1 aliphatic carbocycles. The van der Waals surface area contributed by atoms with E-state index in [2.05, 4.69) is 6.08 Å². The molecular weight excluding hydrogens is 1700 g/mol. The predicted octanol–water partition coefficient (Wildman–Crippen LogP) is 21.9. The largest absolute Gasteiger partial charge is 0.504 e. The Bertz CT molecular complexity index is 6680. The molecule has 0 saturated carbocycles. The minimum absolute atomic E-state index is 0.192. The minimum atomic E-state index is -1.86. The number of rotatable bonds is 13. The lowest BCUT2D eigenvalue weighted by Crippen LogP contribution is -2.32. The highest BCUT2D eigenvalue weighted by Gasteiger charge is 2.45. The maximum Gasteiger partial charge on any atom is 0.181 e. The Kier molecular flexibility index (Phi) is 28.7. The number of nitriles is 2. The average molecular weight is 1780 g/mol. The number of para-hydroxylation sites is 6. The van der Waals surface area contributed by atoms with Crippen molar-refractivity contribution in [2.45, 2.75) is 23.7 Å². The second-order valence-corrected chi connectivity index (χ2v) is 29.5. The molecule has 0 heterocycles. The number of benzene rings is 16. The van der Waals surface area contributed by atoms with Gasteiger partial charge in [-0.3, -0.25) is 0 Å². The van der Waals surface area contributed by atoms with E-state index in [1.54, 1.807) is 146 Å². The van der Waals surface area contributed by atoms with Gasteiger partial charge < -0.3 is 102 Å². The SMILES string of the molecule is N#Cc1c(F)c(F)c(C#N)c(F)c1F.Oc1ccc(-c2ccc(O)c(O)c2)cc1O.Oc1ccc(C(c2ccccc2)(c2ccccc2)c2ccc(O)c(O)c2)cc1O.Oc1cccc(-c2cccc(-c3cccc(O)c3O)c2)c1O.Oc1cccc(-c2ccccc2-c2cccc(O)c2O)c1O.Oc1cccc(C(C2=CC=CCC2)(c2ccccc2)c2cccc(O)c2O)c1O. The number of phenolic OH excluding ortho intramolecular Hbond substituents is 20. The zero-order valence-electron chi connectivity index (χ0n) is 69.1. The highest BCUT2D eigenvalue weighted by molar-refractivity contribution is 5.90. The summed E-state index contributed by atoms with van der Waals surface area (Å²) in [7, 11) is 0. The first-order valence-electron chi connectivity index (χ1n) is 39.9. The summed E-state index contributed by atoms with van der Waals surface area (Å²) in [5.74, 6) is -11.8. The van der Waals surface area contributed by atoms with Crippen molar-refractivity contribution in [1.82, 2.24) is 0 Å². The van der Waals surface area contributed by atoms with E-state index in [1.807, 2.05) is 103 Å². The first-order valence-corrected chi connectivity index (χ1v) is 39.9. The van der Waals surface area contributed by atoms with Gasteiger partial charge in [-0.15, -0.1) is 0 Å². The lowest BCUT2D eigenvalue weighted by molar-refractivity contribution is 0.385. The lowest BCUT2D eigenvalue weighted by Gasteiger charge is -2.39. The molecule has 0 aliphatic heterocycles. The molecule has 132 heavy (non-hydrogen) atoms. The average Bonchev–Trinajstić information content (AvgIpc) is 0.732.